The van der Waals surface area contributed by atoms with Gasteiger partial charge in [0.05, 0.1) is 16.7 Å². The highest BCUT2D eigenvalue weighted by Gasteiger charge is 2.14. The molecule has 0 unspecified atom stereocenters. The van der Waals surface area contributed by atoms with Gasteiger partial charge >= 0.3 is 0 Å². The highest BCUT2D eigenvalue weighted by molar-refractivity contribution is 6.36. The van der Waals surface area contributed by atoms with Crippen molar-refractivity contribution in [3.05, 3.63) is 51.7 Å². The van der Waals surface area contributed by atoms with E-state index in [0.717, 1.165) is 19.0 Å². The minimum absolute atomic E-state index is 0.450. The van der Waals surface area contributed by atoms with E-state index in [-0.39, 0.29) is 0 Å². The summed E-state index contributed by atoms with van der Waals surface area (Å²) in [6, 6.07) is 11.1. The number of anilines is 1. The van der Waals surface area contributed by atoms with Crippen molar-refractivity contribution in [3.8, 4) is 6.07 Å². The first-order chi connectivity index (χ1) is 11.2. The summed E-state index contributed by atoms with van der Waals surface area (Å²) in [5, 5.41) is 10.4. The van der Waals surface area contributed by atoms with Gasteiger partial charge in [-0.05, 0) is 43.5 Å². The Morgan fingerprint density at radius 2 is 1.91 bits per heavy atom. The molecule has 1 aliphatic rings. The third kappa shape index (κ3) is 3.72. The van der Waals surface area contributed by atoms with Crippen molar-refractivity contribution >= 4 is 40.7 Å². The molecule has 0 bridgehead atoms. The van der Waals surface area contributed by atoms with Crippen molar-refractivity contribution in [2.24, 2.45) is 0 Å². The summed E-state index contributed by atoms with van der Waals surface area (Å²) in [6.45, 7) is 2.04. The van der Waals surface area contributed by atoms with Gasteiger partial charge in [-0.25, -0.2) is 0 Å². The summed E-state index contributed by atoms with van der Waals surface area (Å²) >= 11 is 12.1. The number of rotatable bonds is 3. The zero-order chi connectivity index (χ0) is 16.2. The van der Waals surface area contributed by atoms with Crippen molar-refractivity contribution in [2.45, 2.75) is 19.3 Å². The van der Waals surface area contributed by atoms with Crippen LogP contribution in [-0.4, -0.2) is 13.1 Å². The highest BCUT2D eigenvalue weighted by Crippen LogP contribution is 2.30. The molecule has 0 aliphatic carbocycles. The maximum atomic E-state index is 9.43. The van der Waals surface area contributed by atoms with Crippen LogP contribution in [0, 0.1) is 11.3 Å². The van der Waals surface area contributed by atoms with Crippen LogP contribution in [0.3, 0.4) is 0 Å². The maximum absolute atomic E-state index is 9.43. The summed E-state index contributed by atoms with van der Waals surface area (Å²) < 4.78 is 5.87. The zero-order valence-corrected chi connectivity index (χ0v) is 14.1. The largest absolute Gasteiger partial charge is 0.441 e. The van der Waals surface area contributed by atoms with Crippen molar-refractivity contribution in [2.75, 3.05) is 18.0 Å². The average molecular weight is 347 g/mol. The lowest BCUT2D eigenvalue weighted by atomic mass is 10.1. The van der Waals surface area contributed by atoms with Gasteiger partial charge in [0.15, 0.2) is 5.88 Å². The van der Waals surface area contributed by atoms with Crippen molar-refractivity contribution in [1.29, 1.82) is 5.26 Å². The van der Waals surface area contributed by atoms with Gasteiger partial charge < -0.3 is 9.32 Å². The number of nitrogens with zero attached hydrogens (tertiary/aromatic N) is 2. The summed E-state index contributed by atoms with van der Waals surface area (Å²) in [5.41, 5.74) is 1.10. The number of piperidine rings is 1. The van der Waals surface area contributed by atoms with Crippen molar-refractivity contribution in [1.82, 2.24) is 0 Å². The molecule has 118 valence electrons. The molecule has 3 rings (SSSR count). The van der Waals surface area contributed by atoms with Crippen LogP contribution in [0.5, 0.6) is 0 Å². The van der Waals surface area contributed by atoms with E-state index in [1.54, 1.807) is 24.3 Å². The van der Waals surface area contributed by atoms with Crippen LogP contribution in [0.1, 0.15) is 30.6 Å². The molecule has 1 fully saturated rings. The first kappa shape index (κ1) is 16.0. The van der Waals surface area contributed by atoms with E-state index in [0.29, 0.717) is 26.9 Å². The Labute approximate surface area is 145 Å². The number of hydrogen-bond donors (Lipinski definition) is 0. The number of hydrogen-bond acceptors (Lipinski definition) is 3. The number of allylic oxidation sites excluding steroid dienone is 1. The van der Waals surface area contributed by atoms with Gasteiger partial charge in [-0.3, -0.25) is 0 Å². The molecule has 0 N–H and O–H groups in total. The van der Waals surface area contributed by atoms with E-state index >= 15 is 0 Å². The molecule has 5 heteroatoms. The average Bonchev–Trinajstić information content (AvgIpc) is 3.03. The Balaban J connectivity index is 1.87. The molecular weight excluding hydrogens is 331 g/mol. The van der Waals surface area contributed by atoms with Gasteiger partial charge in [0, 0.05) is 29.7 Å². The smallest absolute Gasteiger partial charge is 0.196 e. The fourth-order valence-corrected chi connectivity index (χ4v) is 3.23. The first-order valence-corrected chi connectivity index (χ1v) is 8.35. The lowest BCUT2D eigenvalue weighted by Crippen LogP contribution is -2.28. The minimum atomic E-state index is 0.450. The van der Waals surface area contributed by atoms with Crippen molar-refractivity contribution < 1.29 is 4.42 Å². The second-order valence-corrected chi connectivity index (χ2v) is 6.36. The van der Waals surface area contributed by atoms with Gasteiger partial charge in [0.1, 0.15) is 5.76 Å². The fraction of sp³-hybridized carbons (Fsp3) is 0.278. The minimum Gasteiger partial charge on any atom is -0.441 e. The van der Waals surface area contributed by atoms with Gasteiger partial charge in [0.2, 0.25) is 0 Å². The van der Waals surface area contributed by atoms with Gasteiger partial charge in [0.25, 0.3) is 0 Å². The van der Waals surface area contributed by atoms with Crippen LogP contribution in [-0.2, 0) is 0 Å². The molecule has 1 aliphatic heterocycles. The van der Waals surface area contributed by atoms with Crippen LogP contribution in [0.25, 0.3) is 11.6 Å². The Hall–Kier alpha value is -1.89. The van der Waals surface area contributed by atoms with Crippen LogP contribution in [0.2, 0.25) is 10.0 Å². The fourth-order valence-electron chi connectivity index (χ4n) is 2.72. The van der Waals surface area contributed by atoms with E-state index in [1.807, 2.05) is 12.1 Å². The number of furan rings is 1. The standard InChI is InChI=1S/C18H16Cl2N2O/c19-14-4-6-16(17(20)11-14)13(12-21)10-15-5-7-18(23-15)22-8-2-1-3-9-22/h4-7,10-11H,1-3,8-9H2/b13-10-. The van der Waals surface area contributed by atoms with Gasteiger partial charge in [-0.2, -0.15) is 5.26 Å². The SMILES string of the molecule is N#C/C(=C/c1ccc(N2CCCCC2)o1)c1ccc(Cl)cc1Cl. The predicted molar refractivity (Wildman–Crippen MR) is 94.7 cm³/mol. The third-order valence-electron chi connectivity index (χ3n) is 3.91. The molecule has 3 nitrogen and oxygen atoms in total. The van der Waals surface area contributed by atoms with Gasteiger partial charge in [-0.1, -0.05) is 29.3 Å². The molecule has 0 saturated carbocycles. The maximum Gasteiger partial charge on any atom is 0.196 e. The molecule has 1 aromatic heterocycles. The molecule has 2 aromatic rings. The van der Waals surface area contributed by atoms with Crippen LogP contribution in [0.15, 0.2) is 34.7 Å². The second kappa shape index (κ2) is 7.12. The Morgan fingerprint density at radius 1 is 1.13 bits per heavy atom. The quantitative estimate of drug-likeness (QED) is 0.675. The molecule has 0 radical (unpaired) electrons. The topological polar surface area (TPSA) is 40.2 Å². The second-order valence-electron chi connectivity index (χ2n) is 5.52. The summed E-state index contributed by atoms with van der Waals surface area (Å²) in [5.74, 6) is 1.50. The van der Waals surface area contributed by atoms with Crippen LogP contribution < -0.4 is 4.90 Å². The molecule has 2 heterocycles. The normalized spacial score (nSPS) is 15.5. The van der Waals surface area contributed by atoms with Crippen LogP contribution in [0.4, 0.5) is 5.88 Å². The summed E-state index contributed by atoms with van der Waals surface area (Å²) in [6.07, 6.45) is 5.37. The monoisotopic (exact) mass is 346 g/mol. The number of benzene rings is 1. The molecule has 23 heavy (non-hydrogen) atoms. The lowest BCUT2D eigenvalue weighted by molar-refractivity contribution is 0.496. The van der Waals surface area contributed by atoms with Gasteiger partial charge in [-0.15, -0.1) is 0 Å². The lowest BCUT2D eigenvalue weighted by Gasteiger charge is -2.25. The Kier molecular flexibility index (Phi) is 4.95. The molecule has 0 amide bonds. The van der Waals surface area contributed by atoms with Crippen molar-refractivity contribution in [3.63, 3.8) is 0 Å². The first-order valence-electron chi connectivity index (χ1n) is 7.59. The van der Waals surface area contributed by atoms with E-state index < -0.39 is 0 Å². The molecule has 0 atom stereocenters. The Bertz CT molecular complexity index is 768. The molecule has 0 spiro atoms. The summed E-state index contributed by atoms with van der Waals surface area (Å²) in [4.78, 5) is 2.24. The summed E-state index contributed by atoms with van der Waals surface area (Å²) in [7, 11) is 0. The van der Waals surface area contributed by atoms with Crippen LogP contribution >= 0.6 is 23.2 Å². The third-order valence-corrected chi connectivity index (χ3v) is 4.46. The Morgan fingerprint density at radius 3 is 2.61 bits per heavy atom. The van der Waals surface area contributed by atoms with E-state index in [1.165, 1.54) is 19.3 Å². The van der Waals surface area contributed by atoms with E-state index in [2.05, 4.69) is 11.0 Å². The molecular formula is C18H16Cl2N2O. The molecule has 1 aromatic carbocycles. The molecule has 1 saturated heterocycles. The highest BCUT2D eigenvalue weighted by atomic mass is 35.5. The number of halogens is 2. The van der Waals surface area contributed by atoms with E-state index in [4.69, 9.17) is 27.6 Å². The predicted octanol–water partition coefficient (Wildman–Crippen LogP) is 5.64. The number of nitriles is 1. The zero-order valence-electron chi connectivity index (χ0n) is 12.6. The van der Waals surface area contributed by atoms with E-state index in [9.17, 15) is 5.26 Å².